The fraction of sp³-hybridized carbons (Fsp3) is 0.778. The zero-order valence-corrected chi connectivity index (χ0v) is 10.6. The van der Waals surface area contributed by atoms with Crippen LogP contribution in [0.1, 0.15) is 27.7 Å². The number of carbonyl (C=O) groups excluding carboxylic acids is 1. The number of nitriles is 1. The fourth-order valence-corrected chi connectivity index (χ4v) is 1.72. The van der Waals surface area contributed by atoms with Crippen molar-refractivity contribution in [1.82, 2.24) is 4.72 Å². The molecule has 7 heteroatoms. The molecule has 16 heavy (non-hydrogen) atoms. The van der Waals surface area contributed by atoms with Crippen molar-refractivity contribution < 1.29 is 17.9 Å². The summed E-state index contributed by atoms with van der Waals surface area (Å²) in [7, 11) is -3.74. The Morgan fingerprint density at radius 2 is 2.00 bits per heavy atom. The second-order valence-corrected chi connectivity index (χ2v) is 6.04. The molecule has 0 aliphatic heterocycles. The maximum Gasteiger partial charge on any atom is 0.324 e. The van der Waals surface area contributed by atoms with Crippen LogP contribution in [0.3, 0.4) is 0 Å². The summed E-state index contributed by atoms with van der Waals surface area (Å²) in [5.74, 6) is -1.35. The van der Waals surface area contributed by atoms with Gasteiger partial charge in [-0.15, -0.1) is 0 Å². The van der Waals surface area contributed by atoms with E-state index in [0.717, 1.165) is 0 Å². The van der Waals surface area contributed by atoms with Crippen molar-refractivity contribution in [3.8, 4) is 6.07 Å². The van der Waals surface area contributed by atoms with Gasteiger partial charge in [0.1, 0.15) is 11.6 Å². The van der Waals surface area contributed by atoms with E-state index in [1.54, 1.807) is 20.8 Å². The van der Waals surface area contributed by atoms with E-state index in [0.29, 0.717) is 0 Å². The Kier molecular flexibility index (Phi) is 4.90. The molecule has 0 spiro atoms. The number of carbonyl (C=O) groups is 1. The van der Waals surface area contributed by atoms with E-state index >= 15 is 0 Å². The smallest absolute Gasteiger partial charge is 0.324 e. The first-order chi connectivity index (χ1) is 7.07. The Morgan fingerprint density at radius 1 is 1.50 bits per heavy atom. The zero-order valence-electron chi connectivity index (χ0n) is 9.77. The normalized spacial score (nSPS) is 13.9. The van der Waals surface area contributed by atoms with E-state index in [4.69, 9.17) is 10.00 Å². The van der Waals surface area contributed by atoms with Crippen molar-refractivity contribution in [3.05, 3.63) is 0 Å². The maximum absolute atomic E-state index is 11.4. The molecule has 0 bridgehead atoms. The van der Waals surface area contributed by atoms with Crippen molar-refractivity contribution >= 4 is 16.0 Å². The molecule has 0 aromatic rings. The second kappa shape index (κ2) is 5.27. The number of hydrogen-bond acceptors (Lipinski definition) is 5. The Morgan fingerprint density at radius 3 is 2.38 bits per heavy atom. The van der Waals surface area contributed by atoms with Gasteiger partial charge in [-0.25, -0.2) is 13.1 Å². The third-order valence-corrected chi connectivity index (χ3v) is 2.59. The highest BCUT2D eigenvalue weighted by molar-refractivity contribution is 7.89. The van der Waals surface area contributed by atoms with E-state index in [1.165, 1.54) is 13.0 Å². The standard InChI is InChI=1S/C9H16N2O4S/c1-7(8(12)15-9(2,3)4)11-16(13,14)6-5-10/h7,11H,6H2,1-4H3/t7-/m0/s1. The number of hydrogen-bond donors (Lipinski definition) is 1. The van der Waals surface area contributed by atoms with Gasteiger partial charge in [-0.2, -0.15) is 5.26 Å². The number of esters is 1. The van der Waals surface area contributed by atoms with Crippen molar-refractivity contribution in [2.45, 2.75) is 39.3 Å². The van der Waals surface area contributed by atoms with Gasteiger partial charge in [0.25, 0.3) is 0 Å². The van der Waals surface area contributed by atoms with Gasteiger partial charge < -0.3 is 4.74 Å². The van der Waals surface area contributed by atoms with Crippen molar-refractivity contribution in [3.63, 3.8) is 0 Å². The lowest BCUT2D eigenvalue weighted by atomic mass is 10.2. The topological polar surface area (TPSA) is 96.3 Å². The van der Waals surface area contributed by atoms with E-state index in [1.807, 2.05) is 0 Å². The molecule has 1 N–H and O–H groups in total. The van der Waals surface area contributed by atoms with Gasteiger partial charge in [-0.05, 0) is 27.7 Å². The summed E-state index contributed by atoms with van der Waals surface area (Å²) in [6, 6.07) is 0.496. The Bertz CT molecular complexity index is 389. The number of ether oxygens (including phenoxy) is 1. The molecule has 0 radical (unpaired) electrons. The van der Waals surface area contributed by atoms with E-state index in [-0.39, 0.29) is 0 Å². The van der Waals surface area contributed by atoms with Crippen molar-refractivity contribution in [2.75, 3.05) is 5.75 Å². The molecule has 92 valence electrons. The lowest BCUT2D eigenvalue weighted by Gasteiger charge is -2.22. The highest BCUT2D eigenvalue weighted by Gasteiger charge is 2.25. The Labute approximate surface area is 95.6 Å². The first-order valence-corrected chi connectivity index (χ1v) is 6.32. The lowest BCUT2D eigenvalue weighted by Crippen LogP contribution is -2.42. The van der Waals surface area contributed by atoms with E-state index in [2.05, 4.69) is 4.72 Å². The summed E-state index contributed by atoms with van der Waals surface area (Å²) >= 11 is 0. The summed E-state index contributed by atoms with van der Waals surface area (Å²) in [5.41, 5.74) is -0.675. The first kappa shape index (κ1) is 14.9. The van der Waals surface area contributed by atoms with Crippen LogP contribution in [0.25, 0.3) is 0 Å². The van der Waals surface area contributed by atoms with Crippen molar-refractivity contribution in [1.29, 1.82) is 5.26 Å². The van der Waals surface area contributed by atoms with Crippen LogP contribution in [0.5, 0.6) is 0 Å². The molecule has 0 fully saturated rings. The summed E-state index contributed by atoms with van der Waals surface area (Å²) < 4.78 is 29.4. The summed E-state index contributed by atoms with van der Waals surface area (Å²) in [6.07, 6.45) is 0. The van der Waals surface area contributed by atoms with Gasteiger partial charge in [-0.1, -0.05) is 0 Å². The molecular weight excluding hydrogens is 232 g/mol. The average Bonchev–Trinajstić information content (AvgIpc) is 1.99. The monoisotopic (exact) mass is 248 g/mol. The molecule has 0 aromatic heterocycles. The minimum atomic E-state index is -3.74. The fourth-order valence-electron chi connectivity index (χ4n) is 0.834. The lowest BCUT2D eigenvalue weighted by molar-refractivity contribution is -0.156. The van der Waals surface area contributed by atoms with Gasteiger partial charge in [0.05, 0.1) is 6.07 Å². The van der Waals surface area contributed by atoms with E-state index in [9.17, 15) is 13.2 Å². The highest BCUT2D eigenvalue weighted by atomic mass is 32.2. The molecule has 0 unspecified atom stereocenters. The molecule has 0 rings (SSSR count). The zero-order chi connectivity index (χ0) is 13.0. The molecule has 0 saturated carbocycles. The summed E-state index contributed by atoms with van der Waals surface area (Å²) in [5, 5.41) is 8.25. The number of nitrogens with zero attached hydrogens (tertiary/aromatic N) is 1. The predicted molar refractivity (Wildman–Crippen MR) is 57.8 cm³/mol. The molecule has 6 nitrogen and oxygen atoms in total. The summed E-state index contributed by atoms with van der Waals surface area (Å²) in [6.45, 7) is 6.41. The minimum Gasteiger partial charge on any atom is -0.459 e. The van der Waals surface area contributed by atoms with Crippen LogP contribution in [0.15, 0.2) is 0 Å². The highest BCUT2D eigenvalue weighted by Crippen LogP contribution is 2.08. The number of rotatable bonds is 4. The molecule has 0 saturated heterocycles. The van der Waals surface area contributed by atoms with Gasteiger partial charge in [0.15, 0.2) is 5.75 Å². The van der Waals surface area contributed by atoms with Gasteiger partial charge >= 0.3 is 5.97 Å². The molecule has 0 aromatic carbocycles. The Hall–Kier alpha value is -1.13. The van der Waals surface area contributed by atoms with Crippen LogP contribution < -0.4 is 4.72 Å². The van der Waals surface area contributed by atoms with Gasteiger partial charge in [0.2, 0.25) is 10.0 Å². The van der Waals surface area contributed by atoms with E-state index < -0.39 is 33.4 Å². The number of sulfonamides is 1. The summed E-state index contributed by atoms with van der Waals surface area (Å²) in [4.78, 5) is 11.4. The molecular formula is C9H16N2O4S. The predicted octanol–water partition coefficient (Wildman–Crippen LogP) is 0.160. The van der Waals surface area contributed by atoms with Crippen LogP contribution in [0, 0.1) is 11.3 Å². The van der Waals surface area contributed by atoms with Gasteiger partial charge in [-0.3, -0.25) is 4.79 Å². The van der Waals surface area contributed by atoms with Crippen molar-refractivity contribution in [2.24, 2.45) is 0 Å². The third-order valence-electron chi connectivity index (χ3n) is 1.37. The molecule has 0 aliphatic carbocycles. The van der Waals surface area contributed by atoms with Crippen LogP contribution in [0.2, 0.25) is 0 Å². The molecule has 0 heterocycles. The second-order valence-electron chi connectivity index (χ2n) is 4.29. The average molecular weight is 248 g/mol. The van der Waals surface area contributed by atoms with Gasteiger partial charge in [0, 0.05) is 0 Å². The maximum atomic E-state index is 11.4. The van der Waals surface area contributed by atoms with Crippen LogP contribution in [-0.2, 0) is 19.6 Å². The molecule has 0 aliphatic rings. The Balaban J connectivity index is 4.44. The number of nitrogens with one attached hydrogen (secondary N) is 1. The molecule has 0 amide bonds. The minimum absolute atomic E-state index is 0.672. The quantitative estimate of drug-likeness (QED) is 0.715. The van der Waals surface area contributed by atoms with Crippen LogP contribution >= 0.6 is 0 Å². The third kappa shape index (κ3) is 6.37. The van der Waals surface area contributed by atoms with Crippen LogP contribution in [-0.4, -0.2) is 31.8 Å². The molecule has 1 atom stereocenters. The largest absolute Gasteiger partial charge is 0.459 e. The first-order valence-electron chi connectivity index (χ1n) is 4.67. The SMILES string of the molecule is C[C@H](NS(=O)(=O)CC#N)C(=O)OC(C)(C)C. The van der Waals surface area contributed by atoms with Crippen LogP contribution in [0.4, 0.5) is 0 Å².